The second kappa shape index (κ2) is 6.25. The van der Waals surface area contributed by atoms with Gasteiger partial charge in [-0.2, -0.15) is 5.26 Å². The smallest absolute Gasteiger partial charge is 0.269 e. The van der Waals surface area contributed by atoms with Crippen molar-refractivity contribution in [2.45, 2.75) is 5.88 Å². The molecule has 0 bridgehead atoms. The van der Waals surface area contributed by atoms with Gasteiger partial charge in [0.15, 0.2) is 0 Å². The first-order valence-electron chi connectivity index (χ1n) is 6.14. The van der Waals surface area contributed by atoms with E-state index < -0.39 is 4.92 Å². The first-order valence-corrected chi connectivity index (χ1v) is 6.67. The van der Waals surface area contributed by atoms with Crippen LogP contribution in [0.2, 0.25) is 0 Å². The number of nitro benzene ring substituents is 1. The molecule has 0 aliphatic carbocycles. The van der Waals surface area contributed by atoms with Crippen LogP contribution in [-0.2, 0) is 5.88 Å². The molecule has 6 heteroatoms. The van der Waals surface area contributed by atoms with Crippen molar-refractivity contribution in [3.05, 3.63) is 63.7 Å². The quantitative estimate of drug-likeness (QED) is 0.486. The molecule has 0 heterocycles. The predicted molar refractivity (Wildman–Crippen MR) is 81.9 cm³/mol. The van der Waals surface area contributed by atoms with E-state index in [1.807, 2.05) is 24.1 Å². The number of nitriles is 1. The van der Waals surface area contributed by atoms with E-state index in [1.165, 1.54) is 12.1 Å². The van der Waals surface area contributed by atoms with E-state index in [1.54, 1.807) is 18.2 Å². The first kappa shape index (κ1) is 14.8. The van der Waals surface area contributed by atoms with Gasteiger partial charge in [0.1, 0.15) is 0 Å². The molecule has 106 valence electrons. The van der Waals surface area contributed by atoms with Crippen molar-refractivity contribution >= 4 is 28.7 Å². The zero-order valence-corrected chi connectivity index (χ0v) is 12.0. The van der Waals surface area contributed by atoms with Gasteiger partial charge in [-0.3, -0.25) is 10.1 Å². The highest BCUT2D eigenvalue weighted by atomic mass is 35.5. The van der Waals surface area contributed by atoms with Crippen LogP contribution >= 0.6 is 11.6 Å². The standard InChI is InChI=1S/C15H12ClN3O2/c1-18(13-4-2-11(10-17)3-5-13)15-7-6-14(19(20)21)8-12(15)9-16/h2-8H,9H2,1H3. The van der Waals surface area contributed by atoms with E-state index in [0.29, 0.717) is 11.1 Å². The van der Waals surface area contributed by atoms with Crippen LogP contribution in [0.3, 0.4) is 0 Å². The summed E-state index contributed by atoms with van der Waals surface area (Å²) in [5, 5.41) is 19.6. The summed E-state index contributed by atoms with van der Waals surface area (Å²) < 4.78 is 0. The summed E-state index contributed by atoms with van der Waals surface area (Å²) in [4.78, 5) is 12.2. The summed E-state index contributed by atoms with van der Waals surface area (Å²) in [7, 11) is 1.85. The highest BCUT2D eigenvalue weighted by Gasteiger charge is 2.14. The van der Waals surface area contributed by atoms with Gasteiger partial charge in [0.05, 0.1) is 16.6 Å². The minimum Gasteiger partial charge on any atom is -0.344 e. The van der Waals surface area contributed by atoms with Crippen molar-refractivity contribution in [3.8, 4) is 6.07 Å². The van der Waals surface area contributed by atoms with Crippen LogP contribution in [0, 0.1) is 21.4 Å². The lowest BCUT2D eigenvalue weighted by molar-refractivity contribution is -0.384. The van der Waals surface area contributed by atoms with Gasteiger partial charge in [0, 0.05) is 36.4 Å². The molecular weight excluding hydrogens is 290 g/mol. The van der Waals surface area contributed by atoms with Gasteiger partial charge < -0.3 is 4.90 Å². The van der Waals surface area contributed by atoms with Gasteiger partial charge in [-0.15, -0.1) is 11.6 Å². The van der Waals surface area contributed by atoms with E-state index in [9.17, 15) is 10.1 Å². The number of rotatable bonds is 4. The molecule has 0 saturated carbocycles. The van der Waals surface area contributed by atoms with E-state index in [4.69, 9.17) is 16.9 Å². The van der Waals surface area contributed by atoms with Crippen molar-refractivity contribution in [3.63, 3.8) is 0 Å². The molecule has 0 saturated heterocycles. The number of hydrogen-bond acceptors (Lipinski definition) is 4. The number of halogens is 1. The van der Waals surface area contributed by atoms with Crippen LogP contribution in [0.5, 0.6) is 0 Å². The third-order valence-corrected chi connectivity index (χ3v) is 3.45. The Morgan fingerprint density at radius 2 is 1.95 bits per heavy atom. The molecule has 0 amide bonds. The van der Waals surface area contributed by atoms with E-state index in [-0.39, 0.29) is 11.6 Å². The van der Waals surface area contributed by atoms with Gasteiger partial charge in [-0.05, 0) is 35.9 Å². The lowest BCUT2D eigenvalue weighted by Gasteiger charge is -2.22. The number of benzene rings is 2. The average Bonchev–Trinajstić information content (AvgIpc) is 2.53. The van der Waals surface area contributed by atoms with Crippen molar-refractivity contribution in [1.82, 2.24) is 0 Å². The molecule has 2 rings (SSSR count). The van der Waals surface area contributed by atoms with Crippen LogP contribution in [0.4, 0.5) is 17.1 Å². The summed E-state index contributed by atoms with van der Waals surface area (Å²) >= 11 is 5.90. The van der Waals surface area contributed by atoms with E-state index >= 15 is 0 Å². The fraction of sp³-hybridized carbons (Fsp3) is 0.133. The molecule has 0 atom stereocenters. The Hall–Kier alpha value is -2.58. The SMILES string of the molecule is CN(c1ccc(C#N)cc1)c1ccc([N+](=O)[O-])cc1CCl. The maximum Gasteiger partial charge on any atom is 0.269 e. The Balaban J connectivity index is 2.40. The molecule has 0 spiro atoms. The lowest BCUT2D eigenvalue weighted by atomic mass is 10.1. The van der Waals surface area contributed by atoms with Crippen molar-refractivity contribution in [2.75, 3.05) is 11.9 Å². The second-order valence-electron chi connectivity index (χ2n) is 4.42. The number of nitrogens with zero attached hydrogens (tertiary/aromatic N) is 3. The third kappa shape index (κ3) is 3.12. The van der Waals surface area contributed by atoms with Gasteiger partial charge in [-0.1, -0.05) is 0 Å². The third-order valence-electron chi connectivity index (χ3n) is 3.16. The fourth-order valence-electron chi connectivity index (χ4n) is 2.02. The Morgan fingerprint density at radius 1 is 1.29 bits per heavy atom. The average molecular weight is 302 g/mol. The van der Waals surface area contributed by atoms with Crippen molar-refractivity contribution < 1.29 is 4.92 Å². The number of alkyl halides is 1. The number of hydrogen-bond donors (Lipinski definition) is 0. The molecule has 0 fully saturated rings. The number of nitro groups is 1. The zero-order valence-electron chi connectivity index (χ0n) is 11.3. The van der Waals surface area contributed by atoms with Crippen molar-refractivity contribution in [2.24, 2.45) is 0 Å². The molecule has 0 aromatic heterocycles. The second-order valence-corrected chi connectivity index (χ2v) is 4.69. The summed E-state index contributed by atoms with van der Waals surface area (Å²) in [6.45, 7) is 0. The molecular formula is C15H12ClN3O2. The largest absolute Gasteiger partial charge is 0.344 e. The van der Waals surface area contributed by atoms with Gasteiger partial charge in [0.25, 0.3) is 5.69 Å². The molecule has 0 aliphatic heterocycles. The number of non-ortho nitro benzene ring substituents is 1. The zero-order chi connectivity index (χ0) is 15.4. The lowest BCUT2D eigenvalue weighted by Crippen LogP contribution is -2.11. The minimum atomic E-state index is -0.443. The molecule has 5 nitrogen and oxygen atoms in total. The molecule has 0 aliphatic rings. The van der Waals surface area contributed by atoms with Gasteiger partial charge in [-0.25, -0.2) is 0 Å². The molecule has 21 heavy (non-hydrogen) atoms. The monoisotopic (exact) mass is 301 g/mol. The maximum absolute atomic E-state index is 10.8. The topological polar surface area (TPSA) is 70.2 Å². The van der Waals surface area contributed by atoms with Crippen LogP contribution in [0.25, 0.3) is 0 Å². The van der Waals surface area contributed by atoms with E-state index in [2.05, 4.69) is 6.07 Å². The first-order chi connectivity index (χ1) is 10.1. The molecule has 0 radical (unpaired) electrons. The molecule has 2 aromatic carbocycles. The highest BCUT2D eigenvalue weighted by molar-refractivity contribution is 6.17. The molecule has 2 aromatic rings. The Kier molecular flexibility index (Phi) is 4.41. The summed E-state index contributed by atoms with van der Waals surface area (Å²) in [6, 6.07) is 13.7. The fourth-order valence-corrected chi connectivity index (χ4v) is 2.23. The van der Waals surface area contributed by atoms with E-state index in [0.717, 1.165) is 11.4 Å². The van der Waals surface area contributed by atoms with Crippen LogP contribution < -0.4 is 4.90 Å². The molecule has 0 N–H and O–H groups in total. The summed E-state index contributed by atoms with van der Waals surface area (Å²) in [5.74, 6) is 0.178. The van der Waals surface area contributed by atoms with Crippen molar-refractivity contribution in [1.29, 1.82) is 5.26 Å². The Labute approximate surface area is 127 Å². The Bertz CT molecular complexity index is 708. The van der Waals surface area contributed by atoms with Gasteiger partial charge in [0.2, 0.25) is 0 Å². The summed E-state index contributed by atoms with van der Waals surface area (Å²) in [6.07, 6.45) is 0. The Morgan fingerprint density at radius 3 is 2.48 bits per heavy atom. The van der Waals surface area contributed by atoms with Crippen LogP contribution in [0.1, 0.15) is 11.1 Å². The maximum atomic E-state index is 10.8. The summed E-state index contributed by atoms with van der Waals surface area (Å²) in [5.41, 5.74) is 2.93. The number of anilines is 2. The normalized spacial score (nSPS) is 9.95. The predicted octanol–water partition coefficient (Wildman–Crippen LogP) is 3.97. The van der Waals surface area contributed by atoms with Crippen LogP contribution in [0.15, 0.2) is 42.5 Å². The minimum absolute atomic E-state index is 0.0163. The highest BCUT2D eigenvalue weighted by Crippen LogP contribution is 2.31. The van der Waals surface area contributed by atoms with Gasteiger partial charge >= 0.3 is 0 Å². The molecule has 0 unspecified atom stereocenters. The van der Waals surface area contributed by atoms with Crippen LogP contribution in [-0.4, -0.2) is 12.0 Å².